The summed E-state index contributed by atoms with van der Waals surface area (Å²) in [5.74, 6) is -0.380. The van der Waals surface area contributed by atoms with Crippen LogP contribution in [0.25, 0.3) is 0 Å². The molecule has 1 unspecified atom stereocenters. The first-order valence-electron chi connectivity index (χ1n) is 4.96. The first kappa shape index (κ1) is 12.6. The molecule has 0 aliphatic rings. The van der Waals surface area contributed by atoms with Crippen LogP contribution in [0.1, 0.15) is 17.2 Å². The Kier molecular flexibility index (Phi) is 3.82. The van der Waals surface area contributed by atoms with Crippen LogP contribution in [0.4, 0.5) is 4.39 Å². The summed E-state index contributed by atoms with van der Waals surface area (Å²) in [6.45, 7) is 0. The molecule has 0 radical (unpaired) electrons. The highest BCUT2D eigenvalue weighted by molar-refractivity contribution is 9.10. The predicted octanol–water partition coefficient (Wildman–Crippen LogP) is 4.32. The first-order chi connectivity index (χ1) is 8.08. The zero-order valence-corrected chi connectivity index (χ0v) is 11.0. The summed E-state index contributed by atoms with van der Waals surface area (Å²) < 4.78 is 13.9. The molecule has 2 aromatic rings. The van der Waals surface area contributed by atoms with E-state index in [1.165, 1.54) is 12.1 Å². The number of benzene rings is 2. The van der Waals surface area contributed by atoms with Crippen molar-refractivity contribution in [3.8, 4) is 0 Å². The van der Waals surface area contributed by atoms with Crippen molar-refractivity contribution in [2.75, 3.05) is 0 Å². The fourth-order valence-corrected chi connectivity index (χ4v) is 2.36. The molecular weight excluding hydrogens is 306 g/mol. The Morgan fingerprint density at radius 2 is 1.94 bits per heavy atom. The molecule has 0 aliphatic heterocycles. The van der Waals surface area contributed by atoms with Gasteiger partial charge >= 0.3 is 0 Å². The number of rotatable bonds is 2. The average Bonchev–Trinajstić information content (AvgIpc) is 2.28. The maximum Gasteiger partial charge on any atom is 0.123 e. The third-order valence-corrected chi connectivity index (χ3v) is 3.24. The Morgan fingerprint density at radius 3 is 2.59 bits per heavy atom. The van der Waals surface area contributed by atoms with Gasteiger partial charge in [0.2, 0.25) is 0 Å². The zero-order valence-electron chi connectivity index (χ0n) is 8.70. The molecule has 88 valence electrons. The van der Waals surface area contributed by atoms with E-state index in [0.29, 0.717) is 16.1 Å². The largest absolute Gasteiger partial charge is 0.384 e. The molecule has 0 aromatic heterocycles. The van der Waals surface area contributed by atoms with Gasteiger partial charge in [0.1, 0.15) is 11.9 Å². The van der Waals surface area contributed by atoms with Crippen LogP contribution < -0.4 is 0 Å². The molecule has 0 saturated heterocycles. The number of hydrogen-bond donors (Lipinski definition) is 1. The van der Waals surface area contributed by atoms with Crippen LogP contribution in [0, 0.1) is 5.82 Å². The second-order valence-corrected chi connectivity index (χ2v) is 4.95. The standard InChI is InChI=1S/C13H9BrClFO/c14-9-4-5-11(12(15)7-9)13(17)8-2-1-3-10(16)6-8/h1-7,13,17H. The molecule has 0 fully saturated rings. The fourth-order valence-electron chi connectivity index (χ4n) is 1.58. The van der Waals surface area contributed by atoms with Crippen molar-refractivity contribution < 1.29 is 9.50 Å². The molecule has 0 bridgehead atoms. The topological polar surface area (TPSA) is 20.2 Å². The molecular formula is C13H9BrClFO. The van der Waals surface area contributed by atoms with Crippen molar-refractivity contribution in [3.63, 3.8) is 0 Å². The van der Waals surface area contributed by atoms with Gasteiger partial charge in [-0.3, -0.25) is 0 Å². The Bertz CT molecular complexity index is 545. The lowest BCUT2D eigenvalue weighted by Crippen LogP contribution is -2.00. The second kappa shape index (κ2) is 5.17. The van der Waals surface area contributed by atoms with E-state index in [9.17, 15) is 9.50 Å². The van der Waals surface area contributed by atoms with E-state index in [1.807, 2.05) is 0 Å². The number of aliphatic hydroxyl groups is 1. The van der Waals surface area contributed by atoms with Crippen LogP contribution >= 0.6 is 27.5 Å². The molecule has 0 spiro atoms. The molecule has 1 nitrogen and oxygen atoms in total. The van der Waals surface area contributed by atoms with E-state index in [-0.39, 0.29) is 5.82 Å². The van der Waals surface area contributed by atoms with Crippen LogP contribution in [-0.4, -0.2) is 5.11 Å². The maximum atomic E-state index is 13.1. The Hall–Kier alpha value is -0.900. The van der Waals surface area contributed by atoms with Gasteiger partial charge in [0.15, 0.2) is 0 Å². The Balaban J connectivity index is 2.40. The van der Waals surface area contributed by atoms with Gasteiger partial charge in [-0.05, 0) is 29.8 Å². The van der Waals surface area contributed by atoms with E-state index in [4.69, 9.17) is 11.6 Å². The molecule has 1 atom stereocenters. The van der Waals surface area contributed by atoms with E-state index < -0.39 is 6.10 Å². The van der Waals surface area contributed by atoms with Crippen LogP contribution in [0.15, 0.2) is 46.9 Å². The normalized spacial score (nSPS) is 12.5. The Labute approximate surface area is 112 Å². The summed E-state index contributed by atoms with van der Waals surface area (Å²) in [6.07, 6.45) is -0.925. The zero-order chi connectivity index (χ0) is 12.4. The summed E-state index contributed by atoms with van der Waals surface area (Å²) >= 11 is 9.32. The highest BCUT2D eigenvalue weighted by atomic mass is 79.9. The van der Waals surface area contributed by atoms with Crippen LogP contribution in [0.3, 0.4) is 0 Å². The summed E-state index contributed by atoms with van der Waals surface area (Å²) in [4.78, 5) is 0. The van der Waals surface area contributed by atoms with E-state index >= 15 is 0 Å². The van der Waals surface area contributed by atoms with Gasteiger partial charge in [-0.25, -0.2) is 4.39 Å². The highest BCUT2D eigenvalue weighted by Crippen LogP contribution is 2.30. The van der Waals surface area contributed by atoms with Crippen molar-refractivity contribution in [1.29, 1.82) is 0 Å². The SMILES string of the molecule is OC(c1cccc(F)c1)c1ccc(Br)cc1Cl. The Morgan fingerprint density at radius 1 is 1.18 bits per heavy atom. The summed E-state index contributed by atoms with van der Waals surface area (Å²) in [5, 5.41) is 10.6. The first-order valence-corrected chi connectivity index (χ1v) is 6.13. The quantitative estimate of drug-likeness (QED) is 0.875. The van der Waals surface area contributed by atoms with E-state index in [2.05, 4.69) is 15.9 Å². The number of aliphatic hydroxyl groups excluding tert-OH is 1. The molecule has 1 N–H and O–H groups in total. The lowest BCUT2D eigenvalue weighted by Gasteiger charge is -2.13. The number of hydrogen-bond acceptors (Lipinski definition) is 1. The lowest BCUT2D eigenvalue weighted by molar-refractivity contribution is 0.220. The van der Waals surface area contributed by atoms with Gasteiger partial charge in [-0.1, -0.05) is 45.7 Å². The van der Waals surface area contributed by atoms with Gasteiger partial charge in [0.25, 0.3) is 0 Å². The van der Waals surface area contributed by atoms with Crippen LogP contribution in [0.5, 0.6) is 0 Å². The monoisotopic (exact) mass is 314 g/mol. The molecule has 2 rings (SSSR count). The molecule has 4 heteroatoms. The smallest absolute Gasteiger partial charge is 0.123 e. The minimum atomic E-state index is -0.925. The van der Waals surface area contributed by atoms with E-state index in [1.54, 1.807) is 30.3 Å². The molecule has 0 heterocycles. The third kappa shape index (κ3) is 2.86. The van der Waals surface area contributed by atoms with Gasteiger partial charge in [-0.2, -0.15) is 0 Å². The minimum Gasteiger partial charge on any atom is -0.384 e. The fraction of sp³-hybridized carbons (Fsp3) is 0.0769. The molecule has 0 amide bonds. The maximum absolute atomic E-state index is 13.1. The summed E-state index contributed by atoms with van der Waals surface area (Å²) in [6, 6.07) is 11.0. The minimum absolute atomic E-state index is 0.380. The summed E-state index contributed by atoms with van der Waals surface area (Å²) in [7, 11) is 0. The molecule has 0 saturated carbocycles. The van der Waals surface area contributed by atoms with Crippen molar-refractivity contribution in [3.05, 3.63) is 68.9 Å². The van der Waals surface area contributed by atoms with Crippen molar-refractivity contribution in [1.82, 2.24) is 0 Å². The lowest BCUT2D eigenvalue weighted by atomic mass is 10.0. The van der Waals surface area contributed by atoms with Gasteiger partial charge in [0.05, 0.1) is 0 Å². The molecule has 2 aromatic carbocycles. The van der Waals surface area contributed by atoms with Gasteiger partial charge < -0.3 is 5.11 Å². The average molecular weight is 316 g/mol. The highest BCUT2D eigenvalue weighted by Gasteiger charge is 2.14. The van der Waals surface area contributed by atoms with Crippen molar-refractivity contribution >= 4 is 27.5 Å². The van der Waals surface area contributed by atoms with Crippen molar-refractivity contribution in [2.45, 2.75) is 6.10 Å². The van der Waals surface area contributed by atoms with Crippen LogP contribution in [0.2, 0.25) is 5.02 Å². The second-order valence-electron chi connectivity index (χ2n) is 3.62. The summed E-state index contributed by atoms with van der Waals surface area (Å²) in [5.41, 5.74) is 1.04. The van der Waals surface area contributed by atoms with Gasteiger partial charge in [0, 0.05) is 15.1 Å². The third-order valence-electron chi connectivity index (χ3n) is 2.42. The van der Waals surface area contributed by atoms with Crippen LogP contribution in [-0.2, 0) is 0 Å². The molecule has 0 aliphatic carbocycles. The number of halogens is 3. The van der Waals surface area contributed by atoms with E-state index in [0.717, 1.165) is 4.47 Å². The molecule has 17 heavy (non-hydrogen) atoms. The van der Waals surface area contributed by atoms with Crippen molar-refractivity contribution in [2.24, 2.45) is 0 Å². The predicted molar refractivity (Wildman–Crippen MR) is 69.6 cm³/mol. The van der Waals surface area contributed by atoms with Gasteiger partial charge in [-0.15, -0.1) is 0 Å².